The van der Waals surface area contributed by atoms with Gasteiger partial charge in [0, 0.05) is 5.56 Å². The van der Waals surface area contributed by atoms with E-state index in [1.54, 1.807) is 72.8 Å². The molecule has 1 aromatic heterocycles. The number of nitrogens with one attached hydrogen (secondary N) is 1. The van der Waals surface area contributed by atoms with Crippen LogP contribution in [0, 0.1) is 5.92 Å². The molecule has 0 unspecified atom stereocenters. The first-order valence-corrected chi connectivity index (χ1v) is 12.1. The van der Waals surface area contributed by atoms with Gasteiger partial charge < -0.3 is 15.5 Å². The van der Waals surface area contributed by atoms with Crippen molar-refractivity contribution in [2.45, 2.75) is 38.8 Å². The summed E-state index contributed by atoms with van der Waals surface area (Å²) < 4.78 is 1.33. The van der Waals surface area contributed by atoms with E-state index in [2.05, 4.69) is 10.3 Å². The van der Waals surface area contributed by atoms with Gasteiger partial charge in [0.1, 0.15) is 11.8 Å². The molecule has 1 heterocycles. The van der Waals surface area contributed by atoms with Crippen molar-refractivity contribution in [3.05, 3.63) is 95.0 Å². The molecule has 0 aliphatic carbocycles. The van der Waals surface area contributed by atoms with Crippen LogP contribution in [-0.2, 0) is 9.59 Å². The average molecular weight is 500 g/mol. The number of carbonyl (C=O) groups excluding carboxylic acids is 1. The minimum absolute atomic E-state index is 0.0800. The quantitative estimate of drug-likeness (QED) is 0.307. The van der Waals surface area contributed by atoms with E-state index in [9.17, 15) is 24.6 Å². The molecule has 0 saturated heterocycles. The Morgan fingerprint density at radius 2 is 1.73 bits per heavy atom. The fourth-order valence-electron chi connectivity index (χ4n) is 4.43. The lowest BCUT2D eigenvalue weighted by molar-refractivity contribution is -0.138. The molecule has 4 rings (SSSR count). The number of aromatic hydroxyl groups is 1. The Morgan fingerprint density at radius 1 is 1.00 bits per heavy atom. The summed E-state index contributed by atoms with van der Waals surface area (Å²) in [6.07, 6.45) is 1.39. The van der Waals surface area contributed by atoms with Crippen molar-refractivity contribution in [1.29, 1.82) is 0 Å². The maximum Gasteiger partial charge on any atom is 0.305 e. The van der Waals surface area contributed by atoms with Crippen LogP contribution < -0.4 is 10.9 Å². The van der Waals surface area contributed by atoms with Gasteiger partial charge in [-0.25, -0.2) is 4.98 Å². The fourth-order valence-corrected chi connectivity index (χ4v) is 4.43. The summed E-state index contributed by atoms with van der Waals surface area (Å²) in [6, 6.07) is 19.1. The van der Waals surface area contributed by atoms with Crippen LogP contribution in [0.25, 0.3) is 22.0 Å². The van der Waals surface area contributed by atoms with Gasteiger partial charge in [0.25, 0.3) is 5.56 Å². The Kier molecular flexibility index (Phi) is 7.67. The lowest BCUT2D eigenvalue weighted by Crippen LogP contribution is -2.40. The highest BCUT2D eigenvalue weighted by Gasteiger charge is 2.27. The van der Waals surface area contributed by atoms with Crippen molar-refractivity contribution in [3.63, 3.8) is 0 Å². The molecule has 8 nitrogen and oxygen atoms in total. The lowest BCUT2D eigenvalue weighted by atomic mass is 9.96. The summed E-state index contributed by atoms with van der Waals surface area (Å²) in [7, 11) is 0. The average Bonchev–Trinajstić information content (AvgIpc) is 2.87. The van der Waals surface area contributed by atoms with Gasteiger partial charge in [-0.05, 0) is 47.7 Å². The Bertz CT molecular complexity index is 1490. The lowest BCUT2D eigenvalue weighted by Gasteiger charge is -2.25. The third-order valence-corrected chi connectivity index (χ3v) is 6.22. The van der Waals surface area contributed by atoms with Crippen LogP contribution >= 0.6 is 0 Å². The van der Waals surface area contributed by atoms with Crippen molar-refractivity contribution in [1.82, 2.24) is 14.9 Å². The minimum Gasteiger partial charge on any atom is -0.507 e. The number of para-hydroxylation sites is 2. The van der Waals surface area contributed by atoms with Gasteiger partial charge in [-0.1, -0.05) is 62.4 Å². The first-order chi connectivity index (χ1) is 17.7. The highest BCUT2D eigenvalue weighted by atomic mass is 16.4. The number of carboxylic acids is 1. The van der Waals surface area contributed by atoms with Crippen molar-refractivity contribution >= 4 is 22.8 Å². The van der Waals surface area contributed by atoms with Gasteiger partial charge in [-0.15, -0.1) is 0 Å². The second-order valence-electron chi connectivity index (χ2n) is 9.42. The summed E-state index contributed by atoms with van der Waals surface area (Å²) >= 11 is 0. The van der Waals surface area contributed by atoms with Crippen molar-refractivity contribution < 1.29 is 19.8 Å². The smallest absolute Gasteiger partial charge is 0.305 e. The van der Waals surface area contributed by atoms with Crippen LogP contribution in [0.1, 0.15) is 44.3 Å². The van der Waals surface area contributed by atoms with Crippen LogP contribution in [0.4, 0.5) is 0 Å². The first-order valence-electron chi connectivity index (χ1n) is 12.1. The van der Waals surface area contributed by atoms with Crippen molar-refractivity contribution in [2.75, 3.05) is 0 Å². The number of hydrogen-bond donors (Lipinski definition) is 3. The zero-order chi connectivity index (χ0) is 26.5. The predicted octanol–water partition coefficient (Wildman–Crippen LogP) is 4.69. The Hall–Kier alpha value is -4.46. The second kappa shape index (κ2) is 11.1. The second-order valence-corrected chi connectivity index (χ2v) is 9.42. The highest BCUT2D eigenvalue weighted by molar-refractivity contribution is 5.83. The van der Waals surface area contributed by atoms with E-state index < -0.39 is 24.0 Å². The summed E-state index contributed by atoms with van der Waals surface area (Å²) in [5, 5.41) is 23.1. The van der Waals surface area contributed by atoms with Crippen LogP contribution in [-0.4, -0.2) is 31.6 Å². The number of rotatable bonds is 9. The first kappa shape index (κ1) is 25.6. The topological polar surface area (TPSA) is 122 Å². The minimum atomic E-state index is -1.08. The molecule has 2 atom stereocenters. The van der Waals surface area contributed by atoms with E-state index in [1.807, 2.05) is 13.8 Å². The number of aliphatic carboxylic acids is 1. The SMILES string of the molecule is CC(C)C[C@@H](C(=O)N[C@@H](CC(=O)O)c1cccc(-c2ccccc2O)c1)n1cnc2ccccc2c1=O. The number of carboxylic acid groups (broad SMARTS) is 1. The molecular weight excluding hydrogens is 470 g/mol. The molecule has 0 radical (unpaired) electrons. The van der Waals surface area contributed by atoms with Crippen LogP contribution in [0.15, 0.2) is 83.9 Å². The molecule has 190 valence electrons. The number of phenolic OH excluding ortho intramolecular Hbond substituents is 1. The molecule has 1 amide bonds. The van der Waals surface area contributed by atoms with E-state index in [0.29, 0.717) is 34.0 Å². The number of benzene rings is 3. The number of aromatic nitrogens is 2. The van der Waals surface area contributed by atoms with E-state index in [1.165, 1.54) is 10.9 Å². The van der Waals surface area contributed by atoms with E-state index in [0.717, 1.165) is 0 Å². The predicted molar refractivity (Wildman–Crippen MR) is 141 cm³/mol. The maximum atomic E-state index is 13.6. The van der Waals surface area contributed by atoms with Gasteiger partial charge in [-0.2, -0.15) is 0 Å². The number of hydrogen-bond acceptors (Lipinski definition) is 5. The number of fused-ring (bicyclic) bond motifs is 1. The third-order valence-electron chi connectivity index (χ3n) is 6.22. The van der Waals surface area contributed by atoms with Crippen molar-refractivity contribution in [3.8, 4) is 16.9 Å². The molecule has 8 heteroatoms. The number of carbonyl (C=O) groups is 2. The maximum absolute atomic E-state index is 13.6. The highest BCUT2D eigenvalue weighted by Crippen LogP contribution is 2.31. The number of nitrogens with zero attached hydrogens (tertiary/aromatic N) is 2. The molecule has 0 fully saturated rings. The summed E-state index contributed by atoms with van der Waals surface area (Å²) in [6.45, 7) is 3.90. The number of phenols is 1. The van der Waals surface area contributed by atoms with Crippen molar-refractivity contribution in [2.24, 2.45) is 5.92 Å². The molecule has 0 aliphatic heterocycles. The monoisotopic (exact) mass is 499 g/mol. The van der Waals surface area contributed by atoms with Gasteiger partial charge in [-0.3, -0.25) is 19.0 Å². The van der Waals surface area contributed by atoms with Gasteiger partial charge in [0.15, 0.2) is 0 Å². The summed E-state index contributed by atoms with van der Waals surface area (Å²) in [5.41, 5.74) is 2.06. The zero-order valence-electron chi connectivity index (χ0n) is 20.7. The molecule has 4 aromatic rings. The Labute approximate surface area is 214 Å². The zero-order valence-corrected chi connectivity index (χ0v) is 20.7. The van der Waals surface area contributed by atoms with Crippen LogP contribution in [0.2, 0.25) is 0 Å². The summed E-state index contributed by atoms with van der Waals surface area (Å²) in [5.74, 6) is -1.37. The van der Waals surface area contributed by atoms with Gasteiger partial charge >= 0.3 is 5.97 Å². The molecule has 0 saturated carbocycles. The molecular formula is C29H29N3O5. The number of amides is 1. The molecule has 3 N–H and O–H groups in total. The Balaban J connectivity index is 1.70. The van der Waals surface area contributed by atoms with E-state index in [-0.39, 0.29) is 23.6 Å². The molecule has 0 spiro atoms. The standard InChI is InChI=1S/C29H29N3O5/c1-18(2)14-25(32-17-30-23-12-5-3-11-22(23)29(32)37)28(36)31-24(16-27(34)35)20-9-7-8-19(15-20)21-10-4-6-13-26(21)33/h3-13,15,17-18,24-25,33H,14,16H2,1-2H3,(H,31,36)(H,34,35)/t24-,25-/m0/s1. The van der Waals surface area contributed by atoms with Crippen LogP contribution in [0.5, 0.6) is 5.75 Å². The third kappa shape index (κ3) is 5.86. The fraction of sp³-hybridized carbons (Fsp3) is 0.241. The van der Waals surface area contributed by atoms with E-state index in [4.69, 9.17) is 0 Å². The summed E-state index contributed by atoms with van der Waals surface area (Å²) in [4.78, 5) is 43.0. The van der Waals surface area contributed by atoms with Gasteiger partial charge in [0.05, 0.1) is 29.7 Å². The molecule has 0 bridgehead atoms. The molecule has 37 heavy (non-hydrogen) atoms. The van der Waals surface area contributed by atoms with Gasteiger partial charge in [0.2, 0.25) is 5.91 Å². The molecule has 3 aromatic carbocycles. The van der Waals surface area contributed by atoms with Crippen LogP contribution in [0.3, 0.4) is 0 Å². The molecule has 0 aliphatic rings. The largest absolute Gasteiger partial charge is 0.507 e. The van der Waals surface area contributed by atoms with E-state index >= 15 is 0 Å². The normalized spacial score (nSPS) is 12.8. The Morgan fingerprint density at radius 3 is 2.46 bits per heavy atom.